The second-order valence-corrected chi connectivity index (χ2v) is 7.97. The summed E-state index contributed by atoms with van der Waals surface area (Å²) in [6.45, 7) is 4.27. The molecule has 0 N–H and O–H groups in total. The van der Waals surface area contributed by atoms with Gasteiger partial charge >= 0.3 is 0 Å². The molecule has 0 aliphatic carbocycles. The highest BCUT2D eigenvalue weighted by Crippen LogP contribution is 2.23. The Labute approximate surface area is 164 Å². The smallest absolute Gasteiger partial charge is 0.242 e. The molecule has 3 aromatic rings. The molecule has 1 atom stereocenters. The number of aromatic nitrogens is 1. The van der Waals surface area contributed by atoms with Crippen LogP contribution in [0.2, 0.25) is 0 Å². The van der Waals surface area contributed by atoms with Gasteiger partial charge in [0.25, 0.3) is 0 Å². The molecule has 5 nitrogen and oxygen atoms in total. The molecule has 5 heteroatoms. The first-order chi connectivity index (χ1) is 13.7. The van der Waals surface area contributed by atoms with E-state index >= 15 is 0 Å². The van der Waals surface area contributed by atoms with Crippen molar-refractivity contribution in [2.75, 3.05) is 26.2 Å². The van der Waals surface area contributed by atoms with E-state index < -0.39 is 0 Å². The summed E-state index contributed by atoms with van der Waals surface area (Å²) in [5.74, 6) is 0.139. The number of hydrogen-bond donors (Lipinski definition) is 0. The average Bonchev–Trinajstić information content (AvgIpc) is 3.43. The van der Waals surface area contributed by atoms with Crippen LogP contribution in [0.15, 0.2) is 53.3 Å². The highest BCUT2D eigenvalue weighted by Gasteiger charge is 2.31. The standard InChI is InChI=1S/C23H25N3O2/c27-22(25-14-11-17(15-25)24-12-5-6-13-24)16-26-20-9-3-1-7-18(20)23(28)19-8-2-4-10-21(19)26/h1-4,7-10,17H,5-6,11-16H2. The molecule has 2 aliphatic rings. The van der Waals surface area contributed by atoms with E-state index in [1.807, 2.05) is 58.0 Å². The van der Waals surface area contributed by atoms with Gasteiger partial charge in [0.1, 0.15) is 6.54 Å². The zero-order valence-corrected chi connectivity index (χ0v) is 16.0. The Hall–Kier alpha value is -2.66. The van der Waals surface area contributed by atoms with Gasteiger partial charge in [-0.25, -0.2) is 0 Å². The Balaban J connectivity index is 1.48. The van der Waals surface area contributed by atoms with E-state index in [-0.39, 0.29) is 17.9 Å². The van der Waals surface area contributed by atoms with Crippen molar-refractivity contribution < 1.29 is 4.79 Å². The van der Waals surface area contributed by atoms with Crippen molar-refractivity contribution >= 4 is 27.7 Å². The maximum absolute atomic E-state index is 13.2. The van der Waals surface area contributed by atoms with Gasteiger partial charge in [-0.3, -0.25) is 14.5 Å². The third kappa shape index (κ3) is 2.90. The Morgan fingerprint density at radius 1 is 0.893 bits per heavy atom. The molecule has 144 valence electrons. The minimum atomic E-state index is 0.0326. The predicted octanol–water partition coefficient (Wildman–Crippen LogP) is 2.85. The molecule has 2 aromatic carbocycles. The van der Waals surface area contributed by atoms with Crippen LogP contribution >= 0.6 is 0 Å². The molecule has 28 heavy (non-hydrogen) atoms. The fourth-order valence-corrected chi connectivity index (χ4v) is 4.86. The van der Waals surface area contributed by atoms with Gasteiger partial charge in [0.2, 0.25) is 5.91 Å². The molecule has 1 aromatic heterocycles. The number of hydrogen-bond acceptors (Lipinski definition) is 3. The Bertz CT molecular complexity index is 1040. The van der Waals surface area contributed by atoms with E-state index in [0.29, 0.717) is 16.8 Å². The van der Waals surface area contributed by atoms with Crippen LogP contribution in [0.25, 0.3) is 21.8 Å². The molecule has 2 aliphatic heterocycles. The normalized spacial score (nSPS) is 20.4. The molecule has 1 amide bonds. The van der Waals surface area contributed by atoms with Crippen molar-refractivity contribution in [1.29, 1.82) is 0 Å². The van der Waals surface area contributed by atoms with Crippen molar-refractivity contribution in [1.82, 2.24) is 14.4 Å². The summed E-state index contributed by atoms with van der Waals surface area (Å²) in [6, 6.07) is 15.7. The first-order valence-electron chi connectivity index (χ1n) is 10.2. The van der Waals surface area contributed by atoms with Crippen LogP contribution < -0.4 is 5.43 Å². The van der Waals surface area contributed by atoms with Crippen LogP contribution in [0, 0.1) is 0 Å². The zero-order chi connectivity index (χ0) is 19.1. The van der Waals surface area contributed by atoms with E-state index in [1.54, 1.807) is 0 Å². The lowest BCUT2D eigenvalue weighted by Crippen LogP contribution is -2.38. The van der Waals surface area contributed by atoms with Gasteiger partial charge in [0.05, 0.1) is 11.0 Å². The van der Waals surface area contributed by atoms with Crippen LogP contribution in [0.4, 0.5) is 0 Å². The third-order valence-electron chi connectivity index (χ3n) is 6.35. The van der Waals surface area contributed by atoms with Gasteiger partial charge in [-0.15, -0.1) is 0 Å². The van der Waals surface area contributed by atoms with Crippen molar-refractivity contribution in [3.8, 4) is 0 Å². The average molecular weight is 375 g/mol. The quantitative estimate of drug-likeness (QED) is 0.662. The maximum Gasteiger partial charge on any atom is 0.242 e. The van der Waals surface area contributed by atoms with E-state index in [4.69, 9.17) is 0 Å². The number of benzene rings is 2. The summed E-state index contributed by atoms with van der Waals surface area (Å²) < 4.78 is 2.01. The van der Waals surface area contributed by atoms with Crippen molar-refractivity contribution in [2.45, 2.75) is 31.8 Å². The Morgan fingerprint density at radius 3 is 2.14 bits per heavy atom. The summed E-state index contributed by atoms with van der Waals surface area (Å²) in [5.41, 5.74) is 1.69. The molecule has 2 saturated heterocycles. The summed E-state index contributed by atoms with van der Waals surface area (Å²) in [5, 5.41) is 1.34. The van der Waals surface area contributed by atoms with Gasteiger partial charge in [-0.2, -0.15) is 0 Å². The number of para-hydroxylation sites is 2. The van der Waals surface area contributed by atoms with Gasteiger partial charge in [-0.1, -0.05) is 24.3 Å². The van der Waals surface area contributed by atoms with Crippen molar-refractivity contribution in [2.24, 2.45) is 0 Å². The second-order valence-electron chi connectivity index (χ2n) is 7.97. The SMILES string of the molecule is O=C(Cn1c2ccccc2c(=O)c2ccccc21)N1CCC(N2CCCC2)C1. The van der Waals surface area contributed by atoms with Crippen LogP contribution in [0.1, 0.15) is 19.3 Å². The first kappa shape index (κ1) is 17.4. The maximum atomic E-state index is 13.2. The first-order valence-corrected chi connectivity index (χ1v) is 10.2. The van der Waals surface area contributed by atoms with Crippen LogP contribution in [0.3, 0.4) is 0 Å². The lowest BCUT2D eigenvalue weighted by atomic mass is 10.1. The fourth-order valence-electron chi connectivity index (χ4n) is 4.86. The molecule has 2 fully saturated rings. The van der Waals surface area contributed by atoms with Gasteiger partial charge < -0.3 is 9.47 Å². The van der Waals surface area contributed by atoms with Crippen LogP contribution in [0.5, 0.6) is 0 Å². The van der Waals surface area contributed by atoms with E-state index in [9.17, 15) is 9.59 Å². The van der Waals surface area contributed by atoms with Crippen LogP contribution in [-0.4, -0.2) is 52.5 Å². The Morgan fingerprint density at radius 2 is 1.50 bits per heavy atom. The summed E-state index contributed by atoms with van der Waals surface area (Å²) in [4.78, 5) is 30.6. The number of rotatable bonds is 3. The molecule has 0 radical (unpaired) electrons. The van der Waals surface area contributed by atoms with Crippen LogP contribution in [-0.2, 0) is 11.3 Å². The zero-order valence-electron chi connectivity index (χ0n) is 16.0. The molecule has 0 bridgehead atoms. The number of carbonyl (C=O) groups is 1. The molecule has 0 spiro atoms. The molecular formula is C23H25N3O2. The van der Waals surface area contributed by atoms with Crippen molar-refractivity contribution in [3.05, 3.63) is 58.8 Å². The monoisotopic (exact) mass is 375 g/mol. The predicted molar refractivity (Wildman–Crippen MR) is 112 cm³/mol. The number of pyridine rings is 1. The highest BCUT2D eigenvalue weighted by molar-refractivity contribution is 5.94. The number of nitrogens with zero attached hydrogens (tertiary/aromatic N) is 3. The highest BCUT2D eigenvalue weighted by atomic mass is 16.2. The molecular weight excluding hydrogens is 350 g/mol. The number of fused-ring (bicyclic) bond motifs is 2. The minimum Gasteiger partial charge on any atom is -0.340 e. The lowest BCUT2D eigenvalue weighted by Gasteiger charge is -2.24. The number of likely N-dealkylation sites (tertiary alicyclic amines) is 2. The molecule has 3 heterocycles. The lowest BCUT2D eigenvalue weighted by molar-refractivity contribution is -0.130. The van der Waals surface area contributed by atoms with Crippen molar-refractivity contribution in [3.63, 3.8) is 0 Å². The topological polar surface area (TPSA) is 45.6 Å². The Kier molecular flexibility index (Phi) is 4.40. The van der Waals surface area contributed by atoms with E-state index in [2.05, 4.69) is 4.90 Å². The summed E-state index contributed by atoms with van der Waals surface area (Å²) >= 11 is 0. The summed E-state index contributed by atoms with van der Waals surface area (Å²) in [6.07, 6.45) is 3.62. The van der Waals surface area contributed by atoms with E-state index in [0.717, 1.165) is 30.5 Å². The van der Waals surface area contributed by atoms with Gasteiger partial charge in [0.15, 0.2) is 5.43 Å². The molecule has 5 rings (SSSR count). The minimum absolute atomic E-state index is 0.0326. The fraction of sp³-hybridized carbons (Fsp3) is 0.391. The third-order valence-corrected chi connectivity index (χ3v) is 6.35. The van der Waals surface area contributed by atoms with Gasteiger partial charge in [0, 0.05) is 29.9 Å². The number of carbonyl (C=O) groups excluding carboxylic acids is 1. The molecule has 0 saturated carbocycles. The molecule has 1 unspecified atom stereocenters. The van der Waals surface area contributed by atoms with Gasteiger partial charge in [-0.05, 0) is 56.6 Å². The summed E-state index contributed by atoms with van der Waals surface area (Å²) in [7, 11) is 0. The van der Waals surface area contributed by atoms with E-state index in [1.165, 1.54) is 25.9 Å². The number of amides is 1. The second kappa shape index (κ2) is 7.06. The largest absolute Gasteiger partial charge is 0.340 e.